The second kappa shape index (κ2) is 6.75. The van der Waals surface area contributed by atoms with Crippen LogP contribution in [0.4, 0.5) is 5.69 Å². The van der Waals surface area contributed by atoms with Crippen molar-refractivity contribution >= 4 is 28.8 Å². The first-order valence-electron chi connectivity index (χ1n) is 7.44. The fourth-order valence-electron chi connectivity index (χ4n) is 2.12. The lowest BCUT2D eigenvalue weighted by molar-refractivity contribution is -0.116. The van der Waals surface area contributed by atoms with Crippen LogP contribution in [0.25, 0.3) is 0 Å². The molecule has 1 fully saturated rings. The largest absolute Gasteiger partial charge is 0.349 e. The fraction of sp³-hybridized carbons (Fsp3) is 0.294. The van der Waals surface area contributed by atoms with Gasteiger partial charge in [0, 0.05) is 28.6 Å². The van der Waals surface area contributed by atoms with Crippen LogP contribution in [0.5, 0.6) is 0 Å². The van der Waals surface area contributed by atoms with E-state index < -0.39 is 0 Å². The van der Waals surface area contributed by atoms with Crippen molar-refractivity contribution in [2.45, 2.75) is 31.7 Å². The number of hydrogen-bond acceptors (Lipinski definition) is 3. The Morgan fingerprint density at radius 1 is 1.14 bits per heavy atom. The van der Waals surface area contributed by atoms with Gasteiger partial charge in [-0.1, -0.05) is 6.07 Å². The maximum atomic E-state index is 11.9. The molecule has 1 aromatic carbocycles. The monoisotopic (exact) mass is 314 g/mol. The third kappa shape index (κ3) is 4.18. The van der Waals surface area contributed by atoms with Gasteiger partial charge in [0.2, 0.25) is 5.91 Å². The summed E-state index contributed by atoms with van der Waals surface area (Å²) in [5.74, 6) is -0.0540. The van der Waals surface area contributed by atoms with E-state index in [0.717, 1.165) is 24.9 Å². The molecular weight excluding hydrogens is 296 g/mol. The molecule has 0 spiro atoms. The summed E-state index contributed by atoms with van der Waals surface area (Å²) in [7, 11) is 0. The van der Waals surface area contributed by atoms with Gasteiger partial charge < -0.3 is 10.6 Å². The Kier molecular flexibility index (Phi) is 4.53. The number of aryl methyl sites for hydroxylation is 1. The number of amides is 2. The average Bonchev–Trinajstić information content (AvgIpc) is 3.17. The molecule has 22 heavy (non-hydrogen) atoms. The predicted octanol–water partition coefficient (Wildman–Crippen LogP) is 3.21. The fourth-order valence-corrected chi connectivity index (χ4v) is 2.83. The zero-order valence-electron chi connectivity index (χ0n) is 12.2. The molecule has 2 amide bonds. The number of rotatable bonds is 6. The second-order valence-corrected chi connectivity index (χ2v) is 6.48. The van der Waals surface area contributed by atoms with Crippen molar-refractivity contribution in [3.05, 3.63) is 52.2 Å². The highest BCUT2D eigenvalue weighted by molar-refractivity contribution is 7.09. The molecule has 2 aromatic rings. The standard InChI is InChI=1S/C17H18N2O2S/c20-16(10-9-15-2-1-11-22-15)18-13-5-3-12(4-6-13)17(21)19-14-7-8-14/h1-6,11,14H,7-10H2,(H,18,20)(H,19,21). The molecule has 0 aliphatic heterocycles. The molecule has 0 radical (unpaired) electrons. The summed E-state index contributed by atoms with van der Waals surface area (Å²) < 4.78 is 0. The van der Waals surface area contributed by atoms with Crippen molar-refractivity contribution in [3.8, 4) is 0 Å². The average molecular weight is 314 g/mol. The van der Waals surface area contributed by atoms with Gasteiger partial charge in [-0.05, 0) is 55.0 Å². The molecule has 1 aromatic heterocycles. The van der Waals surface area contributed by atoms with E-state index in [4.69, 9.17) is 0 Å². The molecule has 0 bridgehead atoms. The third-order valence-corrected chi connectivity index (χ3v) is 4.46. The van der Waals surface area contributed by atoms with E-state index in [1.807, 2.05) is 17.5 Å². The lowest BCUT2D eigenvalue weighted by atomic mass is 10.2. The summed E-state index contributed by atoms with van der Waals surface area (Å²) in [6.07, 6.45) is 3.37. The Morgan fingerprint density at radius 2 is 1.91 bits per heavy atom. The molecule has 5 heteroatoms. The van der Waals surface area contributed by atoms with Gasteiger partial charge in [0.1, 0.15) is 0 Å². The zero-order valence-corrected chi connectivity index (χ0v) is 13.0. The molecule has 1 aliphatic carbocycles. The predicted molar refractivity (Wildman–Crippen MR) is 88.2 cm³/mol. The van der Waals surface area contributed by atoms with E-state index in [-0.39, 0.29) is 11.8 Å². The molecule has 1 saturated carbocycles. The van der Waals surface area contributed by atoms with Crippen molar-refractivity contribution in [3.63, 3.8) is 0 Å². The molecule has 3 rings (SSSR count). The van der Waals surface area contributed by atoms with E-state index in [0.29, 0.717) is 18.0 Å². The van der Waals surface area contributed by atoms with Gasteiger partial charge in [0.15, 0.2) is 0 Å². The van der Waals surface area contributed by atoms with Gasteiger partial charge in [-0.25, -0.2) is 0 Å². The van der Waals surface area contributed by atoms with Crippen LogP contribution < -0.4 is 10.6 Å². The van der Waals surface area contributed by atoms with E-state index in [2.05, 4.69) is 10.6 Å². The van der Waals surface area contributed by atoms with Gasteiger partial charge in [0.05, 0.1) is 0 Å². The quantitative estimate of drug-likeness (QED) is 0.860. The van der Waals surface area contributed by atoms with E-state index >= 15 is 0 Å². The van der Waals surface area contributed by atoms with Crippen molar-refractivity contribution in [1.82, 2.24) is 5.32 Å². The van der Waals surface area contributed by atoms with Crippen molar-refractivity contribution in [1.29, 1.82) is 0 Å². The number of carbonyl (C=O) groups is 2. The molecular formula is C17H18N2O2S. The second-order valence-electron chi connectivity index (χ2n) is 5.45. The summed E-state index contributed by atoms with van der Waals surface area (Å²) in [6.45, 7) is 0. The van der Waals surface area contributed by atoms with Crippen LogP contribution in [0.2, 0.25) is 0 Å². The normalized spacial score (nSPS) is 13.6. The highest BCUT2D eigenvalue weighted by atomic mass is 32.1. The number of carbonyl (C=O) groups excluding carboxylic acids is 2. The zero-order chi connectivity index (χ0) is 15.4. The number of thiophene rings is 1. The smallest absolute Gasteiger partial charge is 0.251 e. The molecule has 1 aliphatic rings. The minimum Gasteiger partial charge on any atom is -0.349 e. The Labute approximate surface area is 133 Å². The molecule has 0 unspecified atom stereocenters. The molecule has 4 nitrogen and oxygen atoms in total. The summed E-state index contributed by atoms with van der Waals surface area (Å²) in [6, 6.07) is 11.4. The number of hydrogen-bond donors (Lipinski definition) is 2. The first-order valence-corrected chi connectivity index (χ1v) is 8.32. The van der Waals surface area contributed by atoms with E-state index in [9.17, 15) is 9.59 Å². The highest BCUT2D eigenvalue weighted by Crippen LogP contribution is 2.19. The lowest BCUT2D eigenvalue weighted by Gasteiger charge is -2.07. The Hall–Kier alpha value is -2.14. The summed E-state index contributed by atoms with van der Waals surface area (Å²) in [5, 5.41) is 7.81. The molecule has 1 heterocycles. The molecule has 114 valence electrons. The van der Waals surface area contributed by atoms with Crippen molar-refractivity contribution in [2.75, 3.05) is 5.32 Å². The SMILES string of the molecule is O=C(CCc1cccs1)Nc1ccc(C(=O)NC2CC2)cc1. The number of anilines is 1. The van der Waals surface area contributed by atoms with Gasteiger partial charge in [-0.15, -0.1) is 11.3 Å². The van der Waals surface area contributed by atoms with Gasteiger partial charge in [-0.3, -0.25) is 9.59 Å². The first kappa shape index (κ1) is 14.8. The van der Waals surface area contributed by atoms with Crippen LogP contribution in [0.3, 0.4) is 0 Å². The Morgan fingerprint density at radius 3 is 2.55 bits per heavy atom. The van der Waals surface area contributed by atoms with Crippen LogP contribution >= 0.6 is 11.3 Å². The van der Waals surface area contributed by atoms with Crippen LogP contribution in [-0.4, -0.2) is 17.9 Å². The number of benzene rings is 1. The maximum absolute atomic E-state index is 11.9. The number of nitrogens with one attached hydrogen (secondary N) is 2. The Balaban J connectivity index is 1.49. The van der Waals surface area contributed by atoms with Gasteiger partial charge in [-0.2, -0.15) is 0 Å². The van der Waals surface area contributed by atoms with E-state index in [1.54, 1.807) is 35.6 Å². The summed E-state index contributed by atoms with van der Waals surface area (Å²) >= 11 is 1.66. The van der Waals surface area contributed by atoms with Gasteiger partial charge >= 0.3 is 0 Å². The minimum absolute atomic E-state index is 0.0106. The van der Waals surface area contributed by atoms with Crippen LogP contribution in [0, 0.1) is 0 Å². The highest BCUT2D eigenvalue weighted by Gasteiger charge is 2.23. The molecule has 0 atom stereocenters. The van der Waals surface area contributed by atoms with Crippen LogP contribution in [-0.2, 0) is 11.2 Å². The van der Waals surface area contributed by atoms with E-state index in [1.165, 1.54) is 4.88 Å². The van der Waals surface area contributed by atoms with Crippen LogP contribution in [0.15, 0.2) is 41.8 Å². The van der Waals surface area contributed by atoms with Gasteiger partial charge in [0.25, 0.3) is 5.91 Å². The third-order valence-electron chi connectivity index (χ3n) is 3.52. The van der Waals surface area contributed by atoms with Crippen molar-refractivity contribution in [2.24, 2.45) is 0 Å². The topological polar surface area (TPSA) is 58.2 Å². The maximum Gasteiger partial charge on any atom is 0.251 e. The van der Waals surface area contributed by atoms with Crippen LogP contribution in [0.1, 0.15) is 34.5 Å². The first-order chi connectivity index (χ1) is 10.7. The molecule has 0 saturated heterocycles. The summed E-state index contributed by atoms with van der Waals surface area (Å²) in [5.41, 5.74) is 1.35. The molecule has 2 N–H and O–H groups in total. The lowest BCUT2D eigenvalue weighted by Crippen LogP contribution is -2.25. The minimum atomic E-state index is -0.0435. The Bertz CT molecular complexity index is 646. The summed E-state index contributed by atoms with van der Waals surface area (Å²) in [4.78, 5) is 25.0. The van der Waals surface area contributed by atoms with Crippen molar-refractivity contribution < 1.29 is 9.59 Å².